The number of hydrogen-bond acceptors (Lipinski definition) is 7. The molecule has 0 radical (unpaired) electrons. The van der Waals surface area contributed by atoms with Gasteiger partial charge in [-0.15, -0.1) is 0 Å². The van der Waals surface area contributed by atoms with Crippen LogP contribution >= 0.6 is 0 Å². The smallest absolute Gasteiger partial charge is 0.244 e. The van der Waals surface area contributed by atoms with E-state index in [1.54, 1.807) is 6.07 Å². The van der Waals surface area contributed by atoms with E-state index in [9.17, 15) is 8.42 Å². The van der Waals surface area contributed by atoms with Crippen molar-refractivity contribution in [2.75, 3.05) is 57.4 Å². The number of rotatable bonds is 5. The predicted molar refractivity (Wildman–Crippen MR) is 123 cm³/mol. The molecule has 32 heavy (non-hydrogen) atoms. The van der Waals surface area contributed by atoms with Crippen LogP contribution in [-0.2, 0) is 21.3 Å². The minimum absolute atomic E-state index is 0.241. The first-order chi connectivity index (χ1) is 15.6. The van der Waals surface area contributed by atoms with E-state index in [0.717, 1.165) is 44.1 Å². The number of morpholine rings is 1. The molecule has 2 aromatic heterocycles. The Morgan fingerprint density at radius 1 is 0.875 bits per heavy atom. The molecule has 2 fully saturated rings. The molecule has 0 bridgehead atoms. The normalized spacial score (nSPS) is 18.8. The number of hydrogen-bond donors (Lipinski definition) is 0. The first-order valence-electron chi connectivity index (χ1n) is 11.0. The lowest BCUT2D eigenvalue weighted by molar-refractivity contribution is 0.0730. The van der Waals surface area contributed by atoms with Gasteiger partial charge in [0.2, 0.25) is 10.0 Å². The SMILES string of the molecule is O=S(=O)(c1ccc(N2CCN(Cc3cccc4cccnc34)CC2)nc1)N1CCOCC1. The predicted octanol–water partition coefficient (Wildman–Crippen LogP) is 1.97. The van der Waals surface area contributed by atoms with Gasteiger partial charge in [0.15, 0.2) is 0 Å². The fourth-order valence-electron chi connectivity index (χ4n) is 4.32. The number of para-hydroxylation sites is 1. The van der Waals surface area contributed by atoms with Gasteiger partial charge in [0.05, 0.1) is 18.7 Å². The molecule has 0 atom stereocenters. The minimum Gasteiger partial charge on any atom is -0.379 e. The largest absolute Gasteiger partial charge is 0.379 e. The van der Waals surface area contributed by atoms with Crippen LogP contribution in [0.1, 0.15) is 5.56 Å². The van der Waals surface area contributed by atoms with E-state index in [0.29, 0.717) is 26.3 Å². The molecule has 4 heterocycles. The fraction of sp³-hybridized carbons (Fsp3) is 0.391. The Labute approximate surface area is 188 Å². The maximum absolute atomic E-state index is 12.8. The molecule has 0 spiro atoms. The van der Waals surface area contributed by atoms with Gasteiger partial charge in [-0.3, -0.25) is 9.88 Å². The van der Waals surface area contributed by atoms with Crippen molar-refractivity contribution in [1.82, 2.24) is 19.2 Å². The maximum atomic E-state index is 12.8. The number of aromatic nitrogens is 2. The van der Waals surface area contributed by atoms with Gasteiger partial charge >= 0.3 is 0 Å². The van der Waals surface area contributed by atoms with Crippen molar-refractivity contribution in [3.8, 4) is 0 Å². The van der Waals surface area contributed by atoms with Crippen LogP contribution in [0.5, 0.6) is 0 Å². The van der Waals surface area contributed by atoms with Crippen LogP contribution in [0, 0.1) is 0 Å². The second kappa shape index (κ2) is 9.11. The minimum atomic E-state index is -3.51. The molecule has 3 aromatic rings. The molecule has 2 saturated heterocycles. The summed E-state index contributed by atoms with van der Waals surface area (Å²) in [5.41, 5.74) is 2.31. The Balaban J connectivity index is 1.22. The summed E-state index contributed by atoms with van der Waals surface area (Å²) in [6.07, 6.45) is 3.33. The Morgan fingerprint density at radius 3 is 2.41 bits per heavy atom. The summed E-state index contributed by atoms with van der Waals surface area (Å²) in [5, 5.41) is 1.17. The van der Waals surface area contributed by atoms with E-state index in [2.05, 4.69) is 44.0 Å². The fourth-order valence-corrected chi connectivity index (χ4v) is 5.67. The lowest BCUT2D eigenvalue weighted by atomic mass is 10.1. The molecule has 0 saturated carbocycles. The lowest BCUT2D eigenvalue weighted by Gasteiger charge is -2.35. The van der Waals surface area contributed by atoms with Crippen LogP contribution in [0.4, 0.5) is 5.82 Å². The molecule has 0 aliphatic carbocycles. The Hall–Kier alpha value is -2.59. The zero-order chi connectivity index (χ0) is 22.0. The maximum Gasteiger partial charge on any atom is 0.244 e. The molecule has 9 heteroatoms. The number of ether oxygens (including phenoxy) is 1. The highest BCUT2D eigenvalue weighted by atomic mass is 32.2. The highest BCUT2D eigenvalue weighted by Gasteiger charge is 2.27. The molecule has 2 aliphatic heterocycles. The Morgan fingerprint density at radius 2 is 1.66 bits per heavy atom. The quantitative estimate of drug-likeness (QED) is 0.584. The van der Waals surface area contributed by atoms with Crippen LogP contribution in [0.3, 0.4) is 0 Å². The molecule has 5 rings (SSSR count). The van der Waals surface area contributed by atoms with Gasteiger partial charge in [0, 0.05) is 63.6 Å². The summed E-state index contributed by atoms with van der Waals surface area (Å²) < 4.78 is 32.3. The highest BCUT2D eigenvalue weighted by molar-refractivity contribution is 7.89. The van der Waals surface area contributed by atoms with Crippen LogP contribution in [0.2, 0.25) is 0 Å². The van der Waals surface area contributed by atoms with E-state index < -0.39 is 10.0 Å². The van der Waals surface area contributed by atoms with Crippen molar-refractivity contribution in [3.05, 3.63) is 60.4 Å². The number of pyridine rings is 2. The standard InChI is InChI=1S/C23H27N5O3S/c29-32(30,28-13-15-31-16-14-28)21-6-7-22(25-17-21)27-11-9-26(10-12-27)18-20-4-1-3-19-5-2-8-24-23(19)20/h1-8,17H,9-16,18H2. The number of nitrogens with zero attached hydrogens (tertiary/aromatic N) is 5. The number of sulfonamides is 1. The third-order valence-corrected chi connectivity index (χ3v) is 8.02. The molecule has 8 nitrogen and oxygen atoms in total. The Kier molecular flexibility index (Phi) is 6.05. The molecule has 2 aliphatic rings. The van der Waals surface area contributed by atoms with Crippen LogP contribution in [0.15, 0.2) is 59.8 Å². The van der Waals surface area contributed by atoms with E-state index in [4.69, 9.17) is 4.74 Å². The topological polar surface area (TPSA) is 78.9 Å². The summed E-state index contributed by atoms with van der Waals surface area (Å²) in [4.78, 5) is 13.9. The third-order valence-electron chi connectivity index (χ3n) is 6.14. The van der Waals surface area contributed by atoms with E-state index in [-0.39, 0.29) is 4.90 Å². The van der Waals surface area contributed by atoms with Gasteiger partial charge < -0.3 is 9.64 Å². The van der Waals surface area contributed by atoms with Gasteiger partial charge in [-0.05, 0) is 23.8 Å². The van der Waals surface area contributed by atoms with Crippen LogP contribution in [0.25, 0.3) is 10.9 Å². The van der Waals surface area contributed by atoms with E-state index in [1.165, 1.54) is 21.5 Å². The molecular formula is C23H27N5O3S. The summed E-state index contributed by atoms with van der Waals surface area (Å²) in [7, 11) is -3.51. The zero-order valence-corrected chi connectivity index (χ0v) is 18.7. The highest BCUT2D eigenvalue weighted by Crippen LogP contribution is 2.22. The number of piperazine rings is 1. The van der Waals surface area contributed by atoms with Crippen molar-refractivity contribution in [1.29, 1.82) is 0 Å². The zero-order valence-electron chi connectivity index (χ0n) is 17.9. The molecular weight excluding hydrogens is 426 g/mol. The molecule has 1 aromatic carbocycles. The van der Waals surface area contributed by atoms with Crippen molar-refractivity contribution in [3.63, 3.8) is 0 Å². The van der Waals surface area contributed by atoms with Crippen molar-refractivity contribution >= 4 is 26.7 Å². The van der Waals surface area contributed by atoms with Crippen LogP contribution in [-0.4, -0.2) is 80.1 Å². The van der Waals surface area contributed by atoms with E-state index >= 15 is 0 Å². The third kappa shape index (κ3) is 4.33. The second-order valence-electron chi connectivity index (χ2n) is 8.12. The first kappa shape index (κ1) is 21.3. The lowest BCUT2D eigenvalue weighted by Crippen LogP contribution is -2.46. The van der Waals surface area contributed by atoms with Gasteiger partial charge in [-0.2, -0.15) is 4.31 Å². The monoisotopic (exact) mass is 453 g/mol. The van der Waals surface area contributed by atoms with Gasteiger partial charge in [-0.1, -0.05) is 24.3 Å². The van der Waals surface area contributed by atoms with Crippen molar-refractivity contribution < 1.29 is 13.2 Å². The second-order valence-corrected chi connectivity index (χ2v) is 10.1. The first-order valence-corrected chi connectivity index (χ1v) is 12.4. The average Bonchev–Trinajstić information content (AvgIpc) is 2.85. The van der Waals surface area contributed by atoms with Crippen molar-refractivity contribution in [2.24, 2.45) is 0 Å². The molecule has 168 valence electrons. The molecule has 0 amide bonds. The summed E-state index contributed by atoms with van der Waals surface area (Å²) in [6, 6.07) is 13.9. The van der Waals surface area contributed by atoms with E-state index in [1.807, 2.05) is 18.3 Å². The van der Waals surface area contributed by atoms with Gasteiger partial charge in [-0.25, -0.2) is 13.4 Å². The van der Waals surface area contributed by atoms with Crippen molar-refractivity contribution in [2.45, 2.75) is 11.4 Å². The average molecular weight is 454 g/mol. The molecule has 0 N–H and O–H groups in total. The Bertz CT molecular complexity index is 1170. The number of benzene rings is 1. The molecule has 0 unspecified atom stereocenters. The van der Waals surface area contributed by atoms with Crippen LogP contribution < -0.4 is 4.90 Å². The number of fused-ring (bicyclic) bond motifs is 1. The van der Waals surface area contributed by atoms with Gasteiger partial charge in [0.1, 0.15) is 10.7 Å². The summed E-state index contributed by atoms with van der Waals surface area (Å²) in [6.45, 7) is 6.04. The van der Waals surface area contributed by atoms with Gasteiger partial charge in [0.25, 0.3) is 0 Å². The number of anilines is 1. The summed E-state index contributed by atoms with van der Waals surface area (Å²) in [5.74, 6) is 0.817. The summed E-state index contributed by atoms with van der Waals surface area (Å²) >= 11 is 0.